The Kier molecular flexibility index (Phi) is 3.90. The molecule has 0 unspecified atom stereocenters. The van der Waals surface area contributed by atoms with E-state index in [-0.39, 0.29) is 17.5 Å². The summed E-state index contributed by atoms with van der Waals surface area (Å²) in [6.45, 7) is 0. The first-order valence-electron chi connectivity index (χ1n) is 8.09. The molecule has 1 aliphatic heterocycles. The van der Waals surface area contributed by atoms with Crippen molar-refractivity contribution in [2.24, 2.45) is 0 Å². The van der Waals surface area contributed by atoms with E-state index in [0.29, 0.717) is 6.42 Å². The van der Waals surface area contributed by atoms with Gasteiger partial charge in [-0.1, -0.05) is 30.2 Å². The highest BCUT2D eigenvalue weighted by Gasteiger charge is 2.51. The maximum Gasteiger partial charge on any atom is 0.307 e. The molecule has 1 saturated heterocycles. The topological polar surface area (TPSA) is 39.2 Å². The minimum atomic E-state index is -0.301. The summed E-state index contributed by atoms with van der Waals surface area (Å²) in [6, 6.07) is 7.71. The van der Waals surface area contributed by atoms with Gasteiger partial charge in [0.05, 0.1) is 18.0 Å². The number of esters is 1. The van der Waals surface area contributed by atoms with E-state index in [1.807, 2.05) is 24.3 Å². The summed E-state index contributed by atoms with van der Waals surface area (Å²) in [5.74, 6) is 0.0430. The lowest BCUT2D eigenvalue weighted by Gasteiger charge is -2.35. The molecule has 3 nitrogen and oxygen atoms in total. The molecule has 2 fully saturated rings. The fraction of sp³-hybridized carbons (Fsp3) is 0.444. The third-order valence-corrected chi connectivity index (χ3v) is 6.19. The van der Waals surface area contributed by atoms with Crippen LogP contribution in [-0.4, -0.2) is 16.6 Å². The molecule has 2 aliphatic rings. The SMILES string of the molecule is O=C1C[C@H](c2nc(-c3ccc(Cl)cc3)cs2)C2(CCCCC2)O1. The van der Waals surface area contributed by atoms with Gasteiger partial charge in [0.15, 0.2) is 0 Å². The number of thiazole rings is 1. The third-order valence-electron chi connectivity index (χ3n) is 4.98. The first kappa shape index (κ1) is 15.2. The van der Waals surface area contributed by atoms with Gasteiger partial charge in [0.1, 0.15) is 10.6 Å². The number of nitrogens with zero attached hydrogens (tertiary/aromatic N) is 1. The number of carbonyl (C=O) groups is 1. The van der Waals surface area contributed by atoms with Crippen molar-refractivity contribution in [1.82, 2.24) is 4.98 Å². The molecule has 1 aliphatic carbocycles. The Labute approximate surface area is 144 Å². The average Bonchev–Trinajstić information content (AvgIpc) is 3.14. The van der Waals surface area contributed by atoms with Crippen molar-refractivity contribution in [3.63, 3.8) is 0 Å². The van der Waals surface area contributed by atoms with Crippen LogP contribution < -0.4 is 0 Å². The highest BCUT2D eigenvalue weighted by molar-refractivity contribution is 7.10. The minimum absolute atomic E-state index is 0.0693. The van der Waals surface area contributed by atoms with E-state index in [1.165, 1.54) is 6.42 Å². The van der Waals surface area contributed by atoms with E-state index < -0.39 is 0 Å². The Morgan fingerprint density at radius 3 is 2.65 bits per heavy atom. The second-order valence-electron chi connectivity index (χ2n) is 6.43. The van der Waals surface area contributed by atoms with Gasteiger partial charge in [0, 0.05) is 16.0 Å². The zero-order valence-corrected chi connectivity index (χ0v) is 14.3. The zero-order chi connectivity index (χ0) is 15.9. The monoisotopic (exact) mass is 347 g/mol. The highest BCUT2D eigenvalue weighted by atomic mass is 35.5. The van der Waals surface area contributed by atoms with Gasteiger partial charge in [0.2, 0.25) is 0 Å². The van der Waals surface area contributed by atoms with Crippen molar-refractivity contribution in [2.45, 2.75) is 50.0 Å². The van der Waals surface area contributed by atoms with Crippen molar-refractivity contribution in [1.29, 1.82) is 0 Å². The highest BCUT2D eigenvalue weighted by Crippen LogP contribution is 2.50. The lowest BCUT2D eigenvalue weighted by molar-refractivity contribution is -0.151. The number of hydrogen-bond acceptors (Lipinski definition) is 4. The Morgan fingerprint density at radius 2 is 1.91 bits per heavy atom. The van der Waals surface area contributed by atoms with Crippen molar-refractivity contribution in [3.05, 3.63) is 39.7 Å². The second-order valence-corrected chi connectivity index (χ2v) is 7.76. The van der Waals surface area contributed by atoms with Gasteiger partial charge in [-0.05, 0) is 37.8 Å². The van der Waals surface area contributed by atoms with Crippen molar-refractivity contribution in [2.75, 3.05) is 0 Å². The lowest BCUT2D eigenvalue weighted by Crippen LogP contribution is -2.36. The van der Waals surface area contributed by atoms with Crippen molar-refractivity contribution in [3.8, 4) is 11.3 Å². The van der Waals surface area contributed by atoms with E-state index in [0.717, 1.165) is 47.0 Å². The molecule has 2 heterocycles. The molecule has 1 atom stereocenters. The quantitative estimate of drug-likeness (QED) is 0.701. The molecule has 1 spiro atoms. The minimum Gasteiger partial charge on any atom is -0.458 e. The summed E-state index contributed by atoms with van der Waals surface area (Å²) in [6.07, 6.45) is 5.92. The van der Waals surface area contributed by atoms with Crippen molar-refractivity contribution >= 4 is 28.9 Å². The summed E-state index contributed by atoms with van der Waals surface area (Å²) < 4.78 is 5.80. The molecular weight excluding hydrogens is 330 g/mol. The normalized spacial score (nSPS) is 23.2. The van der Waals surface area contributed by atoms with E-state index in [2.05, 4.69) is 5.38 Å². The smallest absolute Gasteiger partial charge is 0.307 e. The van der Waals surface area contributed by atoms with Crippen LogP contribution in [0.5, 0.6) is 0 Å². The van der Waals surface area contributed by atoms with Crippen LogP contribution in [0.15, 0.2) is 29.6 Å². The molecule has 0 radical (unpaired) electrons. The van der Waals surface area contributed by atoms with Gasteiger partial charge in [-0.25, -0.2) is 4.98 Å². The van der Waals surface area contributed by atoms with Gasteiger partial charge in [-0.3, -0.25) is 4.79 Å². The molecule has 4 rings (SSSR count). The molecule has 23 heavy (non-hydrogen) atoms. The van der Waals surface area contributed by atoms with Gasteiger partial charge < -0.3 is 4.74 Å². The number of hydrogen-bond donors (Lipinski definition) is 0. The Bertz CT molecular complexity index is 719. The summed E-state index contributed by atoms with van der Waals surface area (Å²) in [5.41, 5.74) is 1.71. The maximum atomic E-state index is 12.0. The van der Waals surface area contributed by atoms with Gasteiger partial charge in [-0.2, -0.15) is 0 Å². The predicted octanol–water partition coefficient (Wildman–Crippen LogP) is 5.20. The summed E-state index contributed by atoms with van der Waals surface area (Å²) in [7, 11) is 0. The third kappa shape index (κ3) is 2.79. The number of benzene rings is 1. The maximum absolute atomic E-state index is 12.0. The first-order chi connectivity index (χ1) is 11.2. The van der Waals surface area contributed by atoms with E-state index >= 15 is 0 Å². The van der Waals surface area contributed by atoms with E-state index in [1.54, 1.807) is 11.3 Å². The molecular formula is C18H18ClNO2S. The molecule has 1 aromatic heterocycles. The first-order valence-corrected chi connectivity index (χ1v) is 9.35. The van der Waals surface area contributed by atoms with Crippen LogP contribution in [0.25, 0.3) is 11.3 Å². The second kappa shape index (κ2) is 5.91. The Morgan fingerprint density at radius 1 is 1.17 bits per heavy atom. The van der Waals surface area contributed by atoms with Gasteiger partial charge in [0.25, 0.3) is 0 Å². The predicted molar refractivity (Wildman–Crippen MR) is 91.8 cm³/mol. The number of carbonyl (C=O) groups excluding carboxylic acids is 1. The lowest BCUT2D eigenvalue weighted by atomic mass is 9.76. The fourth-order valence-corrected chi connectivity index (χ4v) is 4.97. The zero-order valence-electron chi connectivity index (χ0n) is 12.8. The summed E-state index contributed by atoms with van der Waals surface area (Å²) in [4.78, 5) is 16.8. The van der Waals surface area contributed by atoms with Crippen LogP contribution in [0.3, 0.4) is 0 Å². The van der Waals surface area contributed by atoms with Crippen LogP contribution in [-0.2, 0) is 9.53 Å². The van der Waals surface area contributed by atoms with E-state index in [9.17, 15) is 4.79 Å². The fourth-order valence-electron chi connectivity index (χ4n) is 3.81. The van der Waals surface area contributed by atoms with Crippen LogP contribution in [0.2, 0.25) is 5.02 Å². The van der Waals surface area contributed by atoms with E-state index in [4.69, 9.17) is 21.3 Å². The van der Waals surface area contributed by atoms with Crippen LogP contribution in [0, 0.1) is 0 Å². The molecule has 0 amide bonds. The van der Waals surface area contributed by atoms with Crippen LogP contribution >= 0.6 is 22.9 Å². The average molecular weight is 348 g/mol. The number of rotatable bonds is 2. The van der Waals surface area contributed by atoms with Gasteiger partial charge in [-0.15, -0.1) is 11.3 Å². The van der Waals surface area contributed by atoms with Crippen LogP contribution in [0.1, 0.15) is 49.5 Å². The van der Waals surface area contributed by atoms with Crippen molar-refractivity contribution < 1.29 is 9.53 Å². The number of aromatic nitrogens is 1. The molecule has 5 heteroatoms. The van der Waals surface area contributed by atoms with Gasteiger partial charge >= 0.3 is 5.97 Å². The molecule has 120 valence electrons. The molecule has 0 N–H and O–H groups in total. The molecule has 2 aromatic rings. The largest absolute Gasteiger partial charge is 0.458 e. The standard InChI is InChI=1S/C18H18ClNO2S/c19-13-6-4-12(5-7-13)15-11-23-17(20-15)14-10-16(21)22-18(14)8-2-1-3-9-18/h4-7,11,14H,1-3,8-10H2/t14-/m1/s1. The summed E-state index contributed by atoms with van der Waals surface area (Å²) in [5, 5.41) is 3.82. The Balaban J connectivity index is 1.65. The number of ether oxygens (including phenoxy) is 1. The number of halogens is 1. The molecule has 1 saturated carbocycles. The van der Waals surface area contributed by atoms with Crippen LogP contribution in [0.4, 0.5) is 0 Å². The molecule has 0 bridgehead atoms. The molecule has 1 aromatic carbocycles. The summed E-state index contributed by atoms with van der Waals surface area (Å²) >= 11 is 7.59. The Hall–Kier alpha value is -1.39.